The van der Waals surface area contributed by atoms with Gasteiger partial charge in [0, 0.05) is 17.8 Å². The Morgan fingerprint density at radius 2 is 1.85 bits per heavy atom. The fourth-order valence-corrected chi connectivity index (χ4v) is 1.86. The maximum atomic E-state index is 5.91. The predicted octanol–water partition coefficient (Wildman–Crippen LogP) is 3.92. The minimum Gasteiger partial charge on any atom is -0.475 e. The maximum Gasteiger partial charge on any atom is 0.213 e. The van der Waals surface area contributed by atoms with Gasteiger partial charge in [-0.25, -0.2) is 4.98 Å². The molecule has 1 atom stereocenters. The molecule has 0 aromatic carbocycles. The van der Waals surface area contributed by atoms with Gasteiger partial charge >= 0.3 is 0 Å². The average molecular weight is 278 g/mol. The summed E-state index contributed by atoms with van der Waals surface area (Å²) in [5.74, 6) is 0.723. The first-order valence-corrected chi connectivity index (χ1v) is 7.46. The first-order valence-electron chi connectivity index (χ1n) is 7.46. The fourth-order valence-electron chi connectivity index (χ4n) is 1.86. The van der Waals surface area contributed by atoms with Crippen LogP contribution in [-0.2, 0) is 5.41 Å². The van der Waals surface area contributed by atoms with E-state index in [0.29, 0.717) is 0 Å². The number of nitrogens with zero attached hydrogens (tertiary/aromatic N) is 1. The van der Waals surface area contributed by atoms with Gasteiger partial charge in [0.1, 0.15) is 0 Å². The van der Waals surface area contributed by atoms with Gasteiger partial charge in [0.2, 0.25) is 5.88 Å². The molecule has 1 heterocycles. The molecule has 1 aromatic rings. The van der Waals surface area contributed by atoms with Gasteiger partial charge in [0.05, 0.1) is 6.10 Å². The molecule has 1 rings (SSSR count). The molecule has 114 valence electrons. The summed E-state index contributed by atoms with van der Waals surface area (Å²) in [4.78, 5) is 4.31. The van der Waals surface area contributed by atoms with Crippen molar-refractivity contribution < 1.29 is 4.74 Å². The van der Waals surface area contributed by atoms with Crippen molar-refractivity contribution in [2.45, 2.75) is 71.9 Å². The average Bonchev–Trinajstić information content (AvgIpc) is 2.26. The van der Waals surface area contributed by atoms with E-state index >= 15 is 0 Å². The van der Waals surface area contributed by atoms with Crippen molar-refractivity contribution in [1.29, 1.82) is 0 Å². The van der Waals surface area contributed by atoms with Crippen LogP contribution < -0.4 is 10.1 Å². The van der Waals surface area contributed by atoms with Crippen LogP contribution in [0.25, 0.3) is 0 Å². The lowest BCUT2D eigenvalue weighted by Gasteiger charge is -2.23. The van der Waals surface area contributed by atoms with E-state index in [1.54, 1.807) is 0 Å². The summed E-state index contributed by atoms with van der Waals surface area (Å²) in [6, 6.07) is 4.10. The van der Waals surface area contributed by atoms with E-state index in [1.807, 2.05) is 12.3 Å². The van der Waals surface area contributed by atoms with E-state index < -0.39 is 0 Å². The van der Waals surface area contributed by atoms with Gasteiger partial charge in [-0.1, -0.05) is 20.8 Å². The van der Waals surface area contributed by atoms with E-state index in [-0.39, 0.29) is 17.1 Å². The van der Waals surface area contributed by atoms with Crippen molar-refractivity contribution in [2.75, 3.05) is 6.54 Å². The number of nitrogens with one attached hydrogen (secondary N) is 1. The molecule has 1 unspecified atom stereocenters. The highest BCUT2D eigenvalue weighted by atomic mass is 16.5. The second-order valence-electron chi connectivity index (χ2n) is 7.53. The largest absolute Gasteiger partial charge is 0.475 e. The maximum absolute atomic E-state index is 5.91. The molecular weight excluding hydrogens is 248 g/mol. The molecule has 3 nitrogen and oxygen atoms in total. The molecule has 3 heteroatoms. The molecule has 0 spiro atoms. The zero-order chi connectivity index (χ0) is 15.4. The number of hydrogen-bond acceptors (Lipinski definition) is 3. The zero-order valence-corrected chi connectivity index (χ0v) is 14.1. The molecule has 1 N–H and O–H groups in total. The van der Waals surface area contributed by atoms with E-state index in [0.717, 1.165) is 18.8 Å². The summed E-state index contributed by atoms with van der Waals surface area (Å²) in [7, 11) is 0. The lowest BCUT2D eigenvalue weighted by molar-refractivity contribution is 0.197. The van der Waals surface area contributed by atoms with Gasteiger partial charge in [-0.05, 0) is 57.7 Å². The topological polar surface area (TPSA) is 34.1 Å². The van der Waals surface area contributed by atoms with Gasteiger partial charge in [-0.2, -0.15) is 0 Å². The minimum absolute atomic E-state index is 0.123. The fraction of sp³-hybridized carbons (Fsp3) is 0.706. The molecule has 0 saturated carbocycles. The Morgan fingerprint density at radius 3 is 2.40 bits per heavy atom. The number of ether oxygens (including phenoxy) is 1. The molecule has 20 heavy (non-hydrogen) atoms. The molecule has 0 radical (unpaired) electrons. The highest BCUT2D eigenvalue weighted by molar-refractivity contribution is 5.26. The normalized spacial score (nSPS) is 14.2. The Labute approximate surface area is 124 Å². The van der Waals surface area contributed by atoms with E-state index in [2.05, 4.69) is 64.8 Å². The Kier molecular flexibility index (Phi) is 5.58. The molecule has 0 aliphatic heterocycles. The third-order valence-electron chi connectivity index (χ3n) is 3.13. The lowest BCUT2D eigenvalue weighted by atomic mass is 9.88. The number of pyridine rings is 1. The van der Waals surface area contributed by atoms with Crippen LogP contribution in [0, 0.1) is 0 Å². The monoisotopic (exact) mass is 278 g/mol. The van der Waals surface area contributed by atoms with Crippen molar-refractivity contribution in [2.24, 2.45) is 0 Å². The molecule has 0 aliphatic rings. The van der Waals surface area contributed by atoms with E-state index in [1.165, 1.54) is 5.56 Å². The van der Waals surface area contributed by atoms with Crippen molar-refractivity contribution in [3.05, 3.63) is 23.9 Å². The Morgan fingerprint density at radius 1 is 1.20 bits per heavy atom. The second-order valence-corrected chi connectivity index (χ2v) is 7.53. The number of aromatic nitrogens is 1. The first-order chi connectivity index (χ1) is 9.08. The minimum atomic E-state index is 0.123. The molecule has 0 aliphatic carbocycles. The van der Waals surface area contributed by atoms with Crippen LogP contribution in [0.5, 0.6) is 5.88 Å². The van der Waals surface area contributed by atoms with Gasteiger partial charge < -0.3 is 10.1 Å². The van der Waals surface area contributed by atoms with Crippen molar-refractivity contribution in [1.82, 2.24) is 10.3 Å². The van der Waals surface area contributed by atoms with Crippen molar-refractivity contribution in [3.63, 3.8) is 0 Å². The molecule has 0 amide bonds. The van der Waals surface area contributed by atoms with Crippen LogP contribution in [0.15, 0.2) is 18.3 Å². The highest BCUT2D eigenvalue weighted by Crippen LogP contribution is 2.24. The summed E-state index contributed by atoms with van der Waals surface area (Å²) in [6.07, 6.45) is 2.96. The third-order valence-corrected chi connectivity index (χ3v) is 3.13. The third kappa shape index (κ3) is 6.38. The highest BCUT2D eigenvalue weighted by Gasteiger charge is 2.15. The van der Waals surface area contributed by atoms with Crippen LogP contribution in [-0.4, -0.2) is 23.2 Å². The Balaban J connectivity index is 2.52. The number of rotatable bonds is 5. The molecule has 0 saturated heterocycles. The van der Waals surface area contributed by atoms with Gasteiger partial charge in [0.15, 0.2) is 0 Å². The van der Waals surface area contributed by atoms with Gasteiger partial charge in [-0.3, -0.25) is 0 Å². The van der Waals surface area contributed by atoms with E-state index in [4.69, 9.17) is 4.74 Å². The smallest absolute Gasteiger partial charge is 0.213 e. The summed E-state index contributed by atoms with van der Waals surface area (Å²) < 4.78 is 5.91. The molecule has 1 aromatic heterocycles. The predicted molar refractivity (Wildman–Crippen MR) is 85.4 cm³/mol. The standard InChI is InChI=1S/C17H30N2O/c1-13(8-11-19-17(5,6)7)20-15-12-14(9-10-18-15)16(2,3)4/h9-10,12-13,19H,8,11H2,1-7H3. The molecule has 0 fully saturated rings. The lowest BCUT2D eigenvalue weighted by Crippen LogP contribution is -2.37. The first kappa shape index (κ1) is 17.0. The van der Waals surface area contributed by atoms with E-state index in [9.17, 15) is 0 Å². The zero-order valence-electron chi connectivity index (χ0n) is 14.1. The van der Waals surface area contributed by atoms with Crippen LogP contribution in [0.2, 0.25) is 0 Å². The van der Waals surface area contributed by atoms with Crippen molar-refractivity contribution >= 4 is 0 Å². The quantitative estimate of drug-likeness (QED) is 0.886. The summed E-state index contributed by atoms with van der Waals surface area (Å²) in [5.41, 5.74) is 1.53. The summed E-state index contributed by atoms with van der Waals surface area (Å²) >= 11 is 0. The Hall–Kier alpha value is -1.09. The second kappa shape index (κ2) is 6.57. The Bertz CT molecular complexity index is 416. The SMILES string of the molecule is CC(CCNC(C)(C)C)Oc1cc(C(C)(C)C)ccn1. The molecule has 0 bridgehead atoms. The summed E-state index contributed by atoms with van der Waals surface area (Å²) in [5, 5.41) is 3.47. The van der Waals surface area contributed by atoms with Crippen LogP contribution >= 0.6 is 0 Å². The summed E-state index contributed by atoms with van der Waals surface area (Å²) in [6.45, 7) is 16.2. The van der Waals surface area contributed by atoms with Gasteiger partial charge in [-0.15, -0.1) is 0 Å². The van der Waals surface area contributed by atoms with Crippen LogP contribution in [0.3, 0.4) is 0 Å². The molecular formula is C17H30N2O. The number of hydrogen-bond donors (Lipinski definition) is 1. The van der Waals surface area contributed by atoms with Gasteiger partial charge in [0.25, 0.3) is 0 Å². The van der Waals surface area contributed by atoms with Crippen LogP contribution in [0.1, 0.15) is 60.5 Å². The van der Waals surface area contributed by atoms with Crippen LogP contribution in [0.4, 0.5) is 0 Å². The van der Waals surface area contributed by atoms with Crippen molar-refractivity contribution in [3.8, 4) is 5.88 Å².